The molecule has 3 aromatic carbocycles. The van der Waals surface area contributed by atoms with E-state index in [9.17, 15) is 13.2 Å². The second-order valence-electron chi connectivity index (χ2n) is 5.66. The molecule has 0 saturated carbocycles. The maximum Gasteiger partial charge on any atom is 0.264 e. The topological polar surface area (TPSA) is 66.5 Å². The summed E-state index contributed by atoms with van der Waals surface area (Å²) in [5, 5.41) is 2.73. The van der Waals surface area contributed by atoms with E-state index in [1.54, 1.807) is 60.7 Å². The van der Waals surface area contributed by atoms with Crippen LogP contribution in [0.4, 0.5) is 11.4 Å². The molecule has 0 fully saturated rings. The molecule has 3 aromatic rings. The number of carbonyl (C=O) groups is 1. The SMILES string of the molecule is CN(c1ccccc1)S(=O)(=O)c1cccc(NC(=O)c2ccccc2)c1. The smallest absolute Gasteiger partial charge is 0.264 e. The second kappa shape index (κ2) is 7.41. The number of anilines is 2. The lowest BCUT2D eigenvalue weighted by Crippen LogP contribution is -2.26. The molecule has 0 unspecified atom stereocenters. The van der Waals surface area contributed by atoms with Crippen molar-refractivity contribution >= 4 is 27.3 Å². The first-order valence-corrected chi connectivity index (χ1v) is 9.43. The molecule has 1 amide bonds. The van der Waals surface area contributed by atoms with E-state index in [4.69, 9.17) is 0 Å². The molecule has 0 saturated heterocycles. The standard InChI is InChI=1S/C20H18N2O3S/c1-22(18-12-6-3-7-13-18)26(24,25)19-14-8-11-17(15-19)21-20(23)16-9-4-2-5-10-16/h2-15H,1H3,(H,21,23). The van der Waals surface area contributed by atoms with E-state index >= 15 is 0 Å². The summed E-state index contributed by atoms with van der Waals surface area (Å²) in [5.41, 5.74) is 1.48. The average Bonchev–Trinajstić information content (AvgIpc) is 2.69. The van der Waals surface area contributed by atoms with Gasteiger partial charge >= 0.3 is 0 Å². The van der Waals surface area contributed by atoms with Gasteiger partial charge in [-0.3, -0.25) is 9.10 Å². The van der Waals surface area contributed by atoms with Crippen molar-refractivity contribution in [1.82, 2.24) is 0 Å². The molecule has 0 spiro atoms. The van der Waals surface area contributed by atoms with Crippen LogP contribution in [0.2, 0.25) is 0 Å². The third-order valence-electron chi connectivity index (χ3n) is 3.91. The van der Waals surface area contributed by atoms with E-state index in [1.807, 2.05) is 12.1 Å². The van der Waals surface area contributed by atoms with Crippen LogP contribution < -0.4 is 9.62 Å². The van der Waals surface area contributed by atoms with Gasteiger partial charge in [0.15, 0.2) is 0 Å². The number of benzene rings is 3. The van der Waals surface area contributed by atoms with Crippen molar-refractivity contribution in [2.75, 3.05) is 16.7 Å². The largest absolute Gasteiger partial charge is 0.322 e. The molecule has 0 atom stereocenters. The Morgan fingerprint density at radius 1 is 0.846 bits per heavy atom. The highest BCUT2D eigenvalue weighted by Crippen LogP contribution is 2.23. The predicted molar refractivity (Wildman–Crippen MR) is 103 cm³/mol. The van der Waals surface area contributed by atoms with Crippen LogP contribution in [0.5, 0.6) is 0 Å². The van der Waals surface area contributed by atoms with Crippen LogP contribution in [0, 0.1) is 0 Å². The molecule has 3 rings (SSSR count). The maximum absolute atomic E-state index is 12.9. The van der Waals surface area contributed by atoms with Gasteiger partial charge in [-0.25, -0.2) is 8.42 Å². The van der Waals surface area contributed by atoms with Crippen molar-refractivity contribution < 1.29 is 13.2 Å². The number of nitrogens with one attached hydrogen (secondary N) is 1. The quantitative estimate of drug-likeness (QED) is 0.748. The van der Waals surface area contributed by atoms with Crippen molar-refractivity contribution in [2.24, 2.45) is 0 Å². The summed E-state index contributed by atoms with van der Waals surface area (Å²) >= 11 is 0. The number of hydrogen-bond donors (Lipinski definition) is 1. The molecule has 0 bridgehead atoms. The van der Waals surface area contributed by atoms with E-state index in [0.717, 1.165) is 0 Å². The first kappa shape index (κ1) is 17.7. The number of hydrogen-bond acceptors (Lipinski definition) is 3. The second-order valence-corrected chi connectivity index (χ2v) is 7.63. The average molecular weight is 366 g/mol. The molecule has 0 heterocycles. The van der Waals surface area contributed by atoms with Gasteiger partial charge in [0.25, 0.3) is 15.9 Å². The fourth-order valence-corrected chi connectivity index (χ4v) is 3.70. The first-order chi connectivity index (χ1) is 12.5. The zero-order chi connectivity index (χ0) is 18.6. The van der Waals surface area contributed by atoms with Gasteiger partial charge in [-0.2, -0.15) is 0 Å². The molecule has 132 valence electrons. The van der Waals surface area contributed by atoms with Gasteiger partial charge in [-0.05, 0) is 42.5 Å². The summed E-state index contributed by atoms with van der Waals surface area (Å²) in [4.78, 5) is 12.4. The Labute approximate surface area is 153 Å². The molecule has 6 heteroatoms. The number of carbonyl (C=O) groups excluding carboxylic acids is 1. The van der Waals surface area contributed by atoms with Crippen molar-refractivity contribution in [3.63, 3.8) is 0 Å². The zero-order valence-electron chi connectivity index (χ0n) is 14.2. The number of para-hydroxylation sites is 1. The van der Waals surface area contributed by atoms with Crippen LogP contribution in [0.1, 0.15) is 10.4 Å². The number of nitrogens with zero attached hydrogens (tertiary/aromatic N) is 1. The Hall–Kier alpha value is -3.12. The van der Waals surface area contributed by atoms with Crippen LogP contribution in [0.25, 0.3) is 0 Å². The summed E-state index contributed by atoms with van der Waals surface area (Å²) in [6.45, 7) is 0. The minimum absolute atomic E-state index is 0.106. The fraction of sp³-hybridized carbons (Fsp3) is 0.0500. The van der Waals surface area contributed by atoms with E-state index in [2.05, 4.69) is 5.32 Å². The normalized spacial score (nSPS) is 11.0. The number of rotatable bonds is 5. The summed E-state index contributed by atoms with van der Waals surface area (Å²) in [7, 11) is -2.23. The molecule has 0 aliphatic carbocycles. The minimum Gasteiger partial charge on any atom is -0.322 e. The summed E-state index contributed by atoms with van der Waals surface area (Å²) < 4.78 is 26.9. The molecule has 5 nitrogen and oxygen atoms in total. The predicted octanol–water partition coefficient (Wildman–Crippen LogP) is 3.76. The van der Waals surface area contributed by atoms with Crippen molar-refractivity contribution in [2.45, 2.75) is 4.90 Å². The van der Waals surface area contributed by atoms with E-state index in [1.165, 1.54) is 23.5 Å². The Morgan fingerprint density at radius 2 is 1.46 bits per heavy atom. The van der Waals surface area contributed by atoms with E-state index < -0.39 is 10.0 Å². The monoisotopic (exact) mass is 366 g/mol. The third-order valence-corrected chi connectivity index (χ3v) is 5.69. The highest BCUT2D eigenvalue weighted by atomic mass is 32.2. The van der Waals surface area contributed by atoms with Crippen molar-refractivity contribution in [3.8, 4) is 0 Å². The van der Waals surface area contributed by atoms with Gasteiger partial charge in [0.05, 0.1) is 10.6 Å². The van der Waals surface area contributed by atoms with Gasteiger partial charge in [0.1, 0.15) is 0 Å². The van der Waals surface area contributed by atoms with Gasteiger partial charge in [-0.15, -0.1) is 0 Å². The molecule has 0 aromatic heterocycles. The van der Waals surface area contributed by atoms with Crippen LogP contribution in [-0.2, 0) is 10.0 Å². The van der Waals surface area contributed by atoms with Crippen LogP contribution in [-0.4, -0.2) is 21.4 Å². The molecule has 1 N–H and O–H groups in total. The number of amides is 1. The summed E-state index contributed by atoms with van der Waals surface area (Å²) in [6, 6.07) is 23.8. The third kappa shape index (κ3) is 3.75. The molecular weight excluding hydrogens is 348 g/mol. The van der Waals surface area contributed by atoms with Gasteiger partial charge in [0, 0.05) is 18.3 Å². The Bertz CT molecular complexity index is 1000. The summed E-state index contributed by atoms with van der Waals surface area (Å²) in [6.07, 6.45) is 0. The molecule has 0 aliphatic heterocycles. The van der Waals surface area contributed by atoms with Crippen LogP contribution >= 0.6 is 0 Å². The fourth-order valence-electron chi connectivity index (χ4n) is 2.46. The van der Waals surface area contributed by atoms with Crippen LogP contribution in [0.15, 0.2) is 89.8 Å². The van der Waals surface area contributed by atoms with E-state index in [-0.39, 0.29) is 10.8 Å². The highest BCUT2D eigenvalue weighted by molar-refractivity contribution is 7.92. The first-order valence-electron chi connectivity index (χ1n) is 7.99. The van der Waals surface area contributed by atoms with Gasteiger partial charge < -0.3 is 5.32 Å². The molecule has 0 radical (unpaired) electrons. The molecular formula is C20H18N2O3S. The van der Waals surface area contributed by atoms with Crippen molar-refractivity contribution in [3.05, 3.63) is 90.5 Å². The lowest BCUT2D eigenvalue weighted by atomic mass is 10.2. The Kier molecular flexibility index (Phi) is 5.04. The van der Waals surface area contributed by atoms with Gasteiger partial charge in [0.2, 0.25) is 0 Å². The lowest BCUT2D eigenvalue weighted by molar-refractivity contribution is 0.102. The zero-order valence-corrected chi connectivity index (χ0v) is 15.0. The summed E-state index contributed by atoms with van der Waals surface area (Å²) in [5.74, 6) is -0.295. The maximum atomic E-state index is 12.9. The van der Waals surface area contributed by atoms with Gasteiger partial charge in [-0.1, -0.05) is 42.5 Å². The van der Waals surface area contributed by atoms with Crippen molar-refractivity contribution in [1.29, 1.82) is 0 Å². The molecule has 0 aliphatic rings. The minimum atomic E-state index is -3.73. The van der Waals surface area contributed by atoms with E-state index in [0.29, 0.717) is 16.9 Å². The highest BCUT2D eigenvalue weighted by Gasteiger charge is 2.21. The number of sulfonamides is 1. The Morgan fingerprint density at radius 3 is 2.12 bits per heavy atom. The van der Waals surface area contributed by atoms with Crippen LogP contribution in [0.3, 0.4) is 0 Å². The Balaban J connectivity index is 1.86. The lowest BCUT2D eigenvalue weighted by Gasteiger charge is -2.19. The molecule has 26 heavy (non-hydrogen) atoms.